The van der Waals surface area contributed by atoms with Crippen LogP contribution in [0.4, 0.5) is 0 Å². The van der Waals surface area contributed by atoms with Crippen LogP contribution >= 0.6 is 0 Å². The maximum atomic E-state index is 11.6. The molecule has 1 aliphatic rings. The molecule has 1 atom stereocenters. The van der Waals surface area contributed by atoms with Gasteiger partial charge in [0.25, 0.3) is 0 Å². The largest absolute Gasteiger partial charge is 0.480 e. The van der Waals surface area contributed by atoms with E-state index >= 15 is 0 Å². The van der Waals surface area contributed by atoms with Crippen molar-refractivity contribution in [1.82, 2.24) is 4.90 Å². The maximum Gasteiger partial charge on any atom is 0.324 e. The third kappa shape index (κ3) is 3.21. The lowest BCUT2D eigenvalue weighted by Gasteiger charge is -2.41. The van der Waals surface area contributed by atoms with Gasteiger partial charge >= 0.3 is 5.97 Å². The number of carbonyl (C=O) groups is 1. The third-order valence-electron chi connectivity index (χ3n) is 4.03. The predicted molar refractivity (Wildman–Crippen MR) is 70.1 cm³/mol. The Balaban J connectivity index is 2.75. The molecule has 3 heteroatoms. The van der Waals surface area contributed by atoms with Crippen molar-refractivity contribution in [3.8, 4) is 0 Å². The number of hydrogen-bond donors (Lipinski definition) is 1. The zero-order valence-electron chi connectivity index (χ0n) is 11.7. The molecule has 1 unspecified atom stereocenters. The highest BCUT2D eigenvalue weighted by molar-refractivity contribution is 5.79. The van der Waals surface area contributed by atoms with Crippen LogP contribution in [0.25, 0.3) is 0 Å². The maximum absolute atomic E-state index is 11.6. The van der Waals surface area contributed by atoms with Gasteiger partial charge in [0, 0.05) is 6.04 Å². The molecule has 1 fully saturated rings. The second kappa shape index (κ2) is 5.85. The zero-order valence-corrected chi connectivity index (χ0v) is 11.7. The fourth-order valence-corrected chi connectivity index (χ4v) is 2.74. The van der Waals surface area contributed by atoms with Gasteiger partial charge in [0.2, 0.25) is 0 Å². The first-order valence-electron chi connectivity index (χ1n) is 6.94. The van der Waals surface area contributed by atoms with Gasteiger partial charge in [-0.15, -0.1) is 0 Å². The van der Waals surface area contributed by atoms with Gasteiger partial charge < -0.3 is 5.11 Å². The minimum Gasteiger partial charge on any atom is -0.480 e. The highest BCUT2D eigenvalue weighted by Crippen LogP contribution is 2.44. The van der Waals surface area contributed by atoms with Crippen LogP contribution < -0.4 is 0 Å². The summed E-state index contributed by atoms with van der Waals surface area (Å²) in [5, 5.41) is 9.58. The second-order valence-corrected chi connectivity index (χ2v) is 5.72. The molecule has 0 bridgehead atoms. The van der Waals surface area contributed by atoms with Gasteiger partial charge in [0.1, 0.15) is 5.54 Å². The van der Waals surface area contributed by atoms with E-state index in [0.717, 1.165) is 25.8 Å². The number of carboxylic acids is 1. The molecule has 0 aliphatic heterocycles. The van der Waals surface area contributed by atoms with Gasteiger partial charge in [-0.25, -0.2) is 0 Å². The van der Waals surface area contributed by atoms with E-state index in [1.807, 2.05) is 6.92 Å². The summed E-state index contributed by atoms with van der Waals surface area (Å²) in [6, 6.07) is 0.300. The molecular formula is C14H27NO2. The molecule has 1 saturated carbocycles. The average Bonchev–Trinajstić information content (AvgIpc) is 3.06. The highest BCUT2D eigenvalue weighted by Gasteiger charge is 2.51. The van der Waals surface area contributed by atoms with E-state index in [1.54, 1.807) is 0 Å². The summed E-state index contributed by atoms with van der Waals surface area (Å²) in [5.41, 5.74) is -0.651. The Morgan fingerprint density at radius 2 is 2.00 bits per heavy atom. The van der Waals surface area contributed by atoms with Gasteiger partial charge in [-0.1, -0.05) is 19.8 Å². The second-order valence-electron chi connectivity index (χ2n) is 5.72. The normalized spacial score (nSPS) is 19.6. The van der Waals surface area contributed by atoms with Crippen LogP contribution in [0.1, 0.15) is 59.8 Å². The molecular weight excluding hydrogens is 214 g/mol. The van der Waals surface area contributed by atoms with Crippen molar-refractivity contribution in [2.75, 3.05) is 6.54 Å². The zero-order chi connectivity index (χ0) is 13.1. The summed E-state index contributed by atoms with van der Waals surface area (Å²) >= 11 is 0. The van der Waals surface area contributed by atoms with Crippen molar-refractivity contribution in [2.45, 2.75) is 71.4 Å². The van der Waals surface area contributed by atoms with E-state index in [0.29, 0.717) is 12.0 Å². The number of unbranched alkanes of at least 4 members (excludes halogenated alkanes) is 2. The summed E-state index contributed by atoms with van der Waals surface area (Å²) in [5.74, 6) is -0.297. The molecule has 0 heterocycles. The molecule has 0 spiro atoms. The van der Waals surface area contributed by atoms with Crippen LogP contribution in [-0.2, 0) is 4.79 Å². The first kappa shape index (κ1) is 14.5. The van der Waals surface area contributed by atoms with Crippen LogP contribution in [0.3, 0.4) is 0 Å². The standard InChI is InChI=1S/C14H27NO2/c1-5-6-7-10-15(11(2)3)14(4,13(16)17)12-8-9-12/h11-12H,5-10H2,1-4H3,(H,16,17). The Kier molecular flexibility index (Phi) is 4.99. The van der Waals surface area contributed by atoms with E-state index < -0.39 is 11.5 Å². The van der Waals surface area contributed by atoms with E-state index in [2.05, 4.69) is 25.7 Å². The van der Waals surface area contributed by atoms with Crippen molar-refractivity contribution in [3.05, 3.63) is 0 Å². The lowest BCUT2D eigenvalue weighted by molar-refractivity contribution is -0.153. The minimum atomic E-state index is -0.651. The van der Waals surface area contributed by atoms with E-state index in [-0.39, 0.29) is 0 Å². The number of hydrogen-bond acceptors (Lipinski definition) is 2. The van der Waals surface area contributed by atoms with E-state index in [9.17, 15) is 9.90 Å². The Labute approximate surface area is 105 Å². The highest BCUT2D eigenvalue weighted by atomic mass is 16.4. The number of carboxylic acid groups (broad SMARTS) is 1. The summed E-state index contributed by atoms with van der Waals surface area (Å²) < 4.78 is 0. The SMILES string of the molecule is CCCCCN(C(C)C)C(C)(C(=O)O)C1CC1. The minimum absolute atomic E-state index is 0.300. The molecule has 100 valence electrons. The van der Waals surface area contributed by atoms with Gasteiger partial charge in [0.15, 0.2) is 0 Å². The molecule has 0 aromatic carbocycles. The summed E-state index contributed by atoms with van der Waals surface area (Å²) in [4.78, 5) is 13.8. The van der Waals surface area contributed by atoms with Crippen LogP contribution in [0.5, 0.6) is 0 Å². The van der Waals surface area contributed by atoms with Crippen LogP contribution in [0, 0.1) is 5.92 Å². The molecule has 3 nitrogen and oxygen atoms in total. The number of nitrogens with zero attached hydrogens (tertiary/aromatic N) is 1. The predicted octanol–water partition coefficient (Wildman–Crippen LogP) is 3.14. The van der Waals surface area contributed by atoms with Gasteiger partial charge in [-0.3, -0.25) is 9.69 Å². The fourth-order valence-electron chi connectivity index (χ4n) is 2.74. The van der Waals surface area contributed by atoms with Crippen molar-refractivity contribution in [3.63, 3.8) is 0 Å². The molecule has 1 aliphatic carbocycles. The smallest absolute Gasteiger partial charge is 0.324 e. The fraction of sp³-hybridized carbons (Fsp3) is 0.929. The van der Waals surface area contributed by atoms with E-state index in [4.69, 9.17) is 0 Å². The van der Waals surface area contributed by atoms with Crippen LogP contribution in [-0.4, -0.2) is 34.1 Å². The molecule has 0 aromatic rings. The Morgan fingerprint density at radius 1 is 1.41 bits per heavy atom. The molecule has 0 radical (unpaired) electrons. The van der Waals surface area contributed by atoms with E-state index in [1.165, 1.54) is 12.8 Å². The van der Waals surface area contributed by atoms with Gasteiger partial charge in [0.05, 0.1) is 0 Å². The lowest BCUT2D eigenvalue weighted by atomic mass is 9.91. The number of rotatable bonds is 8. The molecule has 0 aromatic heterocycles. The van der Waals surface area contributed by atoms with Crippen molar-refractivity contribution < 1.29 is 9.90 Å². The monoisotopic (exact) mass is 241 g/mol. The number of aliphatic carboxylic acids is 1. The van der Waals surface area contributed by atoms with Crippen LogP contribution in [0.2, 0.25) is 0 Å². The Bertz CT molecular complexity index is 261. The molecule has 1 rings (SSSR count). The lowest BCUT2D eigenvalue weighted by Crippen LogP contribution is -2.57. The quantitative estimate of drug-likeness (QED) is 0.664. The first-order valence-corrected chi connectivity index (χ1v) is 6.94. The summed E-state index contributed by atoms with van der Waals surface area (Å²) in [6.45, 7) is 9.21. The van der Waals surface area contributed by atoms with Crippen LogP contribution in [0.15, 0.2) is 0 Å². The van der Waals surface area contributed by atoms with Gasteiger partial charge in [-0.05, 0) is 52.5 Å². The third-order valence-corrected chi connectivity index (χ3v) is 4.03. The Hall–Kier alpha value is -0.570. The topological polar surface area (TPSA) is 40.5 Å². The van der Waals surface area contributed by atoms with Crippen molar-refractivity contribution >= 4 is 5.97 Å². The Morgan fingerprint density at radius 3 is 2.35 bits per heavy atom. The molecule has 17 heavy (non-hydrogen) atoms. The average molecular weight is 241 g/mol. The molecule has 0 amide bonds. The molecule has 0 saturated heterocycles. The first-order chi connectivity index (χ1) is 7.94. The summed E-state index contributed by atoms with van der Waals surface area (Å²) in [7, 11) is 0. The molecule has 1 N–H and O–H groups in total. The van der Waals surface area contributed by atoms with Gasteiger partial charge in [-0.2, -0.15) is 0 Å². The van der Waals surface area contributed by atoms with Crippen molar-refractivity contribution in [1.29, 1.82) is 0 Å². The summed E-state index contributed by atoms with van der Waals surface area (Å²) in [6.07, 6.45) is 5.60. The van der Waals surface area contributed by atoms with Crippen molar-refractivity contribution in [2.24, 2.45) is 5.92 Å².